The Morgan fingerprint density at radius 2 is 1.11 bits per heavy atom. The number of hydrogen-bond donors (Lipinski definition) is 1. The van der Waals surface area contributed by atoms with Gasteiger partial charge in [0.05, 0.1) is 6.04 Å². The second-order valence-electron chi connectivity index (χ2n) is 6.31. The van der Waals surface area contributed by atoms with Gasteiger partial charge in [-0.25, -0.2) is 0 Å². The highest BCUT2D eigenvalue weighted by atomic mass is 16.6. The van der Waals surface area contributed by atoms with E-state index in [0.29, 0.717) is 0 Å². The molecule has 0 bridgehead atoms. The number of carbonyl (C=O) groups is 5. The molecule has 0 aliphatic carbocycles. The molecule has 10 heteroatoms. The summed E-state index contributed by atoms with van der Waals surface area (Å²) < 4.78 is 20.5. The Balaban J connectivity index is 5.32. The fourth-order valence-corrected chi connectivity index (χ4v) is 2.53. The lowest BCUT2D eigenvalue weighted by Gasteiger charge is -2.29. The number of carbonyl (C=O) groups excluding carboxylic acids is 5. The highest BCUT2D eigenvalue weighted by molar-refractivity contribution is 5.73. The summed E-state index contributed by atoms with van der Waals surface area (Å²) in [5, 5.41) is 2.64. The van der Waals surface area contributed by atoms with Crippen LogP contribution in [-0.2, 0) is 42.9 Å². The zero-order valence-electron chi connectivity index (χ0n) is 17.1. The number of esters is 4. The van der Waals surface area contributed by atoms with Crippen LogP contribution in [0.2, 0.25) is 0 Å². The highest BCUT2D eigenvalue weighted by Gasteiger charge is 2.31. The van der Waals surface area contributed by atoms with Crippen LogP contribution in [0.15, 0.2) is 0 Å². The smallest absolute Gasteiger partial charge is 0.303 e. The van der Waals surface area contributed by atoms with Crippen molar-refractivity contribution in [1.29, 1.82) is 0 Å². The third kappa shape index (κ3) is 11.9. The zero-order chi connectivity index (χ0) is 21.9. The van der Waals surface area contributed by atoms with Crippen molar-refractivity contribution in [2.45, 2.75) is 78.7 Å². The molecule has 0 saturated carbocycles. The minimum atomic E-state index is -1.03. The van der Waals surface area contributed by atoms with Crippen molar-refractivity contribution in [3.63, 3.8) is 0 Å². The van der Waals surface area contributed by atoms with E-state index in [0.717, 1.165) is 0 Å². The Bertz CT molecular complexity index is 575. The van der Waals surface area contributed by atoms with Crippen LogP contribution in [0.3, 0.4) is 0 Å². The summed E-state index contributed by atoms with van der Waals surface area (Å²) in [6, 6.07) is -0.500. The van der Waals surface area contributed by atoms with E-state index < -0.39 is 48.2 Å². The first-order chi connectivity index (χ1) is 12.9. The molecule has 28 heavy (non-hydrogen) atoms. The second-order valence-corrected chi connectivity index (χ2v) is 6.31. The van der Waals surface area contributed by atoms with Crippen molar-refractivity contribution in [2.24, 2.45) is 0 Å². The maximum absolute atomic E-state index is 11.5. The summed E-state index contributed by atoms with van der Waals surface area (Å²) in [5.41, 5.74) is 0. The molecule has 0 radical (unpaired) electrons. The van der Waals surface area contributed by atoms with Gasteiger partial charge in [-0.2, -0.15) is 0 Å². The highest BCUT2D eigenvalue weighted by Crippen LogP contribution is 2.17. The maximum Gasteiger partial charge on any atom is 0.303 e. The van der Waals surface area contributed by atoms with Gasteiger partial charge in [0, 0.05) is 34.6 Å². The third-order valence-electron chi connectivity index (χ3n) is 3.54. The third-order valence-corrected chi connectivity index (χ3v) is 3.54. The van der Waals surface area contributed by atoms with E-state index in [1.165, 1.54) is 34.6 Å². The number of amides is 1. The Kier molecular flexibility index (Phi) is 11.5. The number of nitrogens with one attached hydrogen (secondary N) is 1. The molecule has 0 aromatic heterocycles. The molecule has 1 N–H and O–H groups in total. The molecule has 0 aromatic rings. The van der Waals surface area contributed by atoms with E-state index in [-0.39, 0.29) is 25.4 Å². The van der Waals surface area contributed by atoms with Gasteiger partial charge in [0.15, 0.2) is 6.10 Å². The average Bonchev–Trinajstić information content (AvgIpc) is 2.52. The van der Waals surface area contributed by atoms with Gasteiger partial charge in [-0.05, 0) is 19.8 Å². The van der Waals surface area contributed by atoms with Gasteiger partial charge < -0.3 is 24.3 Å². The summed E-state index contributed by atoms with van der Waals surface area (Å²) in [7, 11) is 0. The maximum atomic E-state index is 11.5. The molecule has 0 heterocycles. The molecule has 160 valence electrons. The Morgan fingerprint density at radius 1 is 0.679 bits per heavy atom. The summed E-state index contributed by atoms with van der Waals surface area (Å²) >= 11 is 0. The van der Waals surface area contributed by atoms with Gasteiger partial charge in [-0.15, -0.1) is 0 Å². The molecule has 0 rings (SSSR count). The fraction of sp³-hybridized carbons (Fsp3) is 0.722. The normalized spacial score (nSPS) is 14.6. The average molecular weight is 403 g/mol. The molecule has 10 nitrogen and oxygen atoms in total. The minimum Gasteiger partial charge on any atom is -0.462 e. The molecule has 4 atom stereocenters. The lowest BCUT2D eigenvalue weighted by Crippen LogP contribution is -2.44. The van der Waals surface area contributed by atoms with Gasteiger partial charge >= 0.3 is 23.9 Å². The summed E-state index contributed by atoms with van der Waals surface area (Å²) in [5.74, 6) is -2.69. The molecular weight excluding hydrogens is 374 g/mol. The van der Waals surface area contributed by atoms with E-state index >= 15 is 0 Å². The SMILES string of the molecule is CC(=O)NC(C)C(CC[C@@H](OC(C)=O)[C@@H](COC(C)=O)OC(C)=O)OC(C)=O. The van der Waals surface area contributed by atoms with E-state index in [2.05, 4.69) is 5.32 Å². The van der Waals surface area contributed by atoms with Crippen molar-refractivity contribution in [3.8, 4) is 0 Å². The van der Waals surface area contributed by atoms with Crippen LogP contribution in [0.5, 0.6) is 0 Å². The van der Waals surface area contributed by atoms with Crippen molar-refractivity contribution < 1.29 is 42.9 Å². The van der Waals surface area contributed by atoms with E-state index in [1.54, 1.807) is 6.92 Å². The molecule has 0 fully saturated rings. The lowest BCUT2D eigenvalue weighted by molar-refractivity contribution is -0.174. The Hall–Kier alpha value is -2.65. The molecule has 0 aliphatic heterocycles. The molecular formula is C18H29NO9. The Morgan fingerprint density at radius 3 is 1.54 bits per heavy atom. The lowest BCUT2D eigenvalue weighted by atomic mass is 10.0. The largest absolute Gasteiger partial charge is 0.462 e. The van der Waals surface area contributed by atoms with E-state index in [4.69, 9.17) is 18.9 Å². The van der Waals surface area contributed by atoms with Gasteiger partial charge in [-0.3, -0.25) is 24.0 Å². The molecule has 0 aromatic carbocycles. The molecule has 0 saturated heterocycles. The second kappa shape index (κ2) is 12.7. The Labute approximate surface area is 164 Å². The zero-order valence-corrected chi connectivity index (χ0v) is 17.1. The van der Waals surface area contributed by atoms with Crippen LogP contribution < -0.4 is 5.32 Å². The van der Waals surface area contributed by atoms with Crippen LogP contribution in [0.1, 0.15) is 54.4 Å². The monoisotopic (exact) mass is 403 g/mol. The summed E-state index contributed by atoms with van der Waals surface area (Å²) in [6.45, 7) is 7.49. The summed E-state index contributed by atoms with van der Waals surface area (Å²) in [4.78, 5) is 56.6. The molecule has 2 unspecified atom stereocenters. The quantitative estimate of drug-likeness (QED) is 0.390. The van der Waals surface area contributed by atoms with Crippen LogP contribution >= 0.6 is 0 Å². The van der Waals surface area contributed by atoms with Gasteiger partial charge in [0.1, 0.15) is 18.8 Å². The van der Waals surface area contributed by atoms with Gasteiger partial charge in [-0.1, -0.05) is 0 Å². The van der Waals surface area contributed by atoms with Gasteiger partial charge in [0.2, 0.25) is 5.91 Å². The fourth-order valence-electron chi connectivity index (χ4n) is 2.53. The molecule has 1 amide bonds. The van der Waals surface area contributed by atoms with E-state index in [1.807, 2.05) is 0 Å². The van der Waals surface area contributed by atoms with Crippen LogP contribution in [0.25, 0.3) is 0 Å². The van der Waals surface area contributed by atoms with Crippen molar-refractivity contribution in [3.05, 3.63) is 0 Å². The van der Waals surface area contributed by atoms with Crippen molar-refractivity contribution >= 4 is 29.8 Å². The topological polar surface area (TPSA) is 134 Å². The number of rotatable bonds is 11. The standard InChI is InChI=1S/C18H29NO9/c1-10(19-11(2)20)16(26-13(4)22)7-8-17(27-14(5)23)18(28-15(6)24)9-25-12(3)21/h10,16-18H,7-9H2,1-6H3,(H,19,20)/t10?,16?,17-,18-/m1/s1. The van der Waals surface area contributed by atoms with Crippen LogP contribution in [0, 0.1) is 0 Å². The minimum absolute atomic E-state index is 0.126. The van der Waals surface area contributed by atoms with Gasteiger partial charge in [0.25, 0.3) is 0 Å². The van der Waals surface area contributed by atoms with Crippen LogP contribution in [-0.4, -0.2) is 60.7 Å². The van der Waals surface area contributed by atoms with E-state index in [9.17, 15) is 24.0 Å². The number of hydrogen-bond acceptors (Lipinski definition) is 9. The number of ether oxygens (including phenoxy) is 4. The molecule has 0 aliphatic rings. The summed E-state index contributed by atoms with van der Waals surface area (Å²) in [6.07, 6.45) is -2.36. The van der Waals surface area contributed by atoms with Crippen LogP contribution in [0.4, 0.5) is 0 Å². The first-order valence-corrected chi connectivity index (χ1v) is 8.84. The first-order valence-electron chi connectivity index (χ1n) is 8.84. The predicted molar refractivity (Wildman–Crippen MR) is 95.8 cm³/mol. The van der Waals surface area contributed by atoms with Crippen molar-refractivity contribution in [1.82, 2.24) is 5.32 Å². The molecule has 0 spiro atoms. The predicted octanol–water partition coefficient (Wildman–Crippen LogP) is 0.649. The first kappa shape index (κ1) is 25.4. The van der Waals surface area contributed by atoms with Crippen molar-refractivity contribution in [2.75, 3.05) is 6.61 Å².